The van der Waals surface area contributed by atoms with Crippen molar-refractivity contribution in [3.05, 3.63) is 34.9 Å². The van der Waals surface area contributed by atoms with E-state index in [-0.39, 0.29) is 11.9 Å². The number of hydrogen-bond acceptors (Lipinski definition) is 3. The smallest absolute Gasteiger partial charge is 0.230 e. The first-order chi connectivity index (χ1) is 10.6. The second kappa shape index (κ2) is 6.57. The van der Waals surface area contributed by atoms with Crippen molar-refractivity contribution in [2.24, 2.45) is 11.7 Å². The van der Waals surface area contributed by atoms with Gasteiger partial charge in [-0.1, -0.05) is 23.7 Å². The Hall–Kier alpha value is -1.10. The molecule has 3 rings (SSSR count). The molecule has 0 aromatic heterocycles. The molecule has 0 radical (unpaired) electrons. The van der Waals surface area contributed by atoms with Gasteiger partial charge in [-0.3, -0.25) is 4.79 Å². The molecule has 2 fully saturated rings. The van der Waals surface area contributed by atoms with Crippen LogP contribution in [0.5, 0.6) is 0 Å². The Morgan fingerprint density at radius 2 is 2.14 bits per heavy atom. The second-order valence-corrected chi connectivity index (χ2v) is 6.85. The Morgan fingerprint density at radius 3 is 2.77 bits per heavy atom. The number of ether oxygens (including phenoxy) is 1. The van der Waals surface area contributed by atoms with Gasteiger partial charge in [0.05, 0.1) is 5.41 Å². The Bertz CT molecular complexity index is 539. The summed E-state index contributed by atoms with van der Waals surface area (Å²) >= 11 is 6.13. The lowest BCUT2D eigenvalue weighted by Gasteiger charge is -2.36. The number of amides is 1. The summed E-state index contributed by atoms with van der Waals surface area (Å²) in [5.74, 6) is 0.631. The molecule has 5 heteroatoms. The summed E-state index contributed by atoms with van der Waals surface area (Å²) in [4.78, 5) is 12.9. The summed E-state index contributed by atoms with van der Waals surface area (Å²) in [6, 6.07) is 7.68. The first-order valence-electron chi connectivity index (χ1n) is 7.99. The van der Waals surface area contributed by atoms with Gasteiger partial charge in [0.15, 0.2) is 0 Å². The van der Waals surface area contributed by atoms with Gasteiger partial charge in [0.1, 0.15) is 0 Å². The van der Waals surface area contributed by atoms with E-state index >= 15 is 0 Å². The lowest BCUT2D eigenvalue weighted by Crippen LogP contribution is -2.50. The van der Waals surface area contributed by atoms with Crippen LogP contribution >= 0.6 is 11.6 Å². The number of carbonyl (C=O) groups excluding carboxylic acids is 1. The predicted molar refractivity (Wildman–Crippen MR) is 86.9 cm³/mol. The molecule has 2 aliphatic rings. The Balaban J connectivity index is 1.77. The third-order valence-electron chi connectivity index (χ3n) is 4.88. The Morgan fingerprint density at radius 1 is 1.41 bits per heavy atom. The first kappa shape index (κ1) is 15.8. The van der Waals surface area contributed by atoms with Crippen LogP contribution in [0.1, 0.15) is 31.2 Å². The third-order valence-corrected chi connectivity index (χ3v) is 5.12. The van der Waals surface area contributed by atoms with E-state index in [1.165, 1.54) is 12.8 Å². The van der Waals surface area contributed by atoms with E-state index in [2.05, 4.69) is 5.32 Å². The molecule has 1 aromatic rings. The molecule has 1 atom stereocenters. The zero-order valence-electron chi connectivity index (χ0n) is 12.7. The molecule has 1 saturated carbocycles. The first-order valence-corrected chi connectivity index (χ1v) is 8.37. The van der Waals surface area contributed by atoms with E-state index in [1.807, 2.05) is 24.3 Å². The summed E-state index contributed by atoms with van der Waals surface area (Å²) in [7, 11) is 0. The van der Waals surface area contributed by atoms with Gasteiger partial charge in [-0.25, -0.2) is 0 Å². The second-order valence-electron chi connectivity index (χ2n) is 6.42. The maximum absolute atomic E-state index is 12.9. The lowest BCUT2D eigenvalue weighted by molar-refractivity contribution is -0.130. The fraction of sp³-hybridized carbons (Fsp3) is 0.588. The number of hydrogen-bond donors (Lipinski definition) is 2. The summed E-state index contributed by atoms with van der Waals surface area (Å²) < 4.78 is 5.46. The number of nitrogens with one attached hydrogen (secondary N) is 1. The molecule has 22 heavy (non-hydrogen) atoms. The summed E-state index contributed by atoms with van der Waals surface area (Å²) in [6.45, 7) is 1.73. The van der Waals surface area contributed by atoms with Crippen LogP contribution in [0.3, 0.4) is 0 Å². The van der Waals surface area contributed by atoms with Crippen molar-refractivity contribution in [3.63, 3.8) is 0 Å². The van der Waals surface area contributed by atoms with E-state index in [1.54, 1.807) is 0 Å². The van der Waals surface area contributed by atoms with Crippen molar-refractivity contribution < 1.29 is 9.53 Å². The number of rotatable bonds is 5. The fourth-order valence-electron chi connectivity index (χ4n) is 3.22. The van der Waals surface area contributed by atoms with Crippen LogP contribution in [-0.4, -0.2) is 31.7 Å². The van der Waals surface area contributed by atoms with Crippen LogP contribution in [0, 0.1) is 5.92 Å². The highest BCUT2D eigenvalue weighted by atomic mass is 35.5. The third kappa shape index (κ3) is 3.29. The summed E-state index contributed by atoms with van der Waals surface area (Å²) in [5, 5.41) is 3.73. The van der Waals surface area contributed by atoms with E-state index in [9.17, 15) is 4.79 Å². The highest BCUT2D eigenvalue weighted by Gasteiger charge is 2.42. The van der Waals surface area contributed by atoms with E-state index in [0.29, 0.717) is 43.5 Å². The summed E-state index contributed by atoms with van der Waals surface area (Å²) in [5.41, 5.74) is 6.53. The maximum Gasteiger partial charge on any atom is 0.230 e. The van der Waals surface area contributed by atoms with Gasteiger partial charge in [-0.2, -0.15) is 0 Å². The molecule has 1 saturated heterocycles. The van der Waals surface area contributed by atoms with Crippen LogP contribution < -0.4 is 11.1 Å². The van der Waals surface area contributed by atoms with Crippen LogP contribution in [0.15, 0.2) is 24.3 Å². The molecule has 120 valence electrons. The highest BCUT2D eigenvalue weighted by molar-refractivity contribution is 6.30. The molecular formula is C17H23ClN2O2. The molecule has 1 unspecified atom stereocenters. The van der Waals surface area contributed by atoms with Gasteiger partial charge < -0.3 is 15.8 Å². The standard InChI is InChI=1S/C17H23ClN2O2/c18-14-3-1-2-13(10-14)17(6-8-22-9-7-17)16(21)20-11-15(19)12-4-5-12/h1-3,10,12,15H,4-9,11,19H2,(H,20,21). The number of benzene rings is 1. The van der Waals surface area contributed by atoms with Crippen molar-refractivity contribution in [3.8, 4) is 0 Å². The number of halogens is 1. The minimum absolute atomic E-state index is 0.0502. The molecule has 1 aliphatic carbocycles. The quantitative estimate of drug-likeness (QED) is 0.874. The number of nitrogens with two attached hydrogens (primary N) is 1. The van der Waals surface area contributed by atoms with Crippen LogP contribution in [-0.2, 0) is 14.9 Å². The molecular weight excluding hydrogens is 300 g/mol. The fourth-order valence-corrected chi connectivity index (χ4v) is 3.41. The summed E-state index contributed by atoms with van der Waals surface area (Å²) in [6.07, 6.45) is 3.73. The SMILES string of the molecule is NC(CNC(=O)C1(c2cccc(Cl)c2)CCOCC1)C1CC1. The monoisotopic (exact) mass is 322 g/mol. The Kier molecular flexibility index (Phi) is 4.71. The highest BCUT2D eigenvalue weighted by Crippen LogP contribution is 2.36. The van der Waals surface area contributed by atoms with Gasteiger partial charge in [0, 0.05) is 30.8 Å². The van der Waals surface area contributed by atoms with Crippen LogP contribution in [0.4, 0.5) is 0 Å². The van der Waals surface area contributed by atoms with Crippen molar-refractivity contribution in [2.45, 2.75) is 37.1 Å². The van der Waals surface area contributed by atoms with Crippen molar-refractivity contribution in [2.75, 3.05) is 19.8 Å². The zero-order valence-corrected chi connectivity index (χ0v) is 13.4. The molecule has 3 N–H and O–H groups in total. The normalized spacial score (nSPS) is 22.1. The largest absolute Gasteiger partial charge is 0.381 e. The molecule has 4 nitrogen and oxygen atoms in total. The van der Waals surface area contributed by atoms with Crippen LogP contribution in [0.25, 0.3) is 0 Å². The van der Waals surface area contributed by atoms with Gasteiger partial charge in [0.2, 0.25) is 5.91 Å². The van der Waals surface area contributed by atoms with Crippen molar-refractivity contribution in [1.82, 2.24) is 5.32 Å². The lowest BCUT2D eigenvalue weighted by atomic mass is 9.73. The van der Waals surface area contributed by atoms with Gasteiger partial charge in [0.25, 0.3) is 0 Å². The Labute approximate surface area is 136 Å². The van der Waals surface area contributed by atoms with E-state index in [4.69, 9.17) is 22.1 Å². The van der Waals surface area contributed by atoms with E-state index < -0.39 is 5.41 Å². The minimum Gasteiger partial charge on any atom is -0.381 e. The molecule has 1 aromatic carbocycles. The average molecular weight is 323 g/mol. The average Bonchev–Trinajstić information content (AvgIpc) is 3.38. The number of carbonyl (C=O) groups is 1. The van der Waals surface area contributed by atoms with Crippen molar-refractivity contribution >= 4 is 17.5 Å². The molecule has 0 spiro atoms. The predicted octanol–water partition coefficient (Wildman–Crippen LogP) is 2.24. The van der Waals surface area contributed by atoms with Gasteiger partial charge in [-0.15, -0.1) is 0 Å². The van der Waals surface area contributed by atoms with Crippen molar-refractivity contribution in [1.29, 1.82) is 0 Å². The molecule has 1 amide bonds. The molecule has 1 aliphatic heterocycles. The van der Waals surface area contributed by atoms with Gasteiger partial charge in [-0.05, 0) is 49.3 Å². The minimum atomic E-state index is -0.549. The zero-order chi connectivity index (χ0) is 15.6. The van der Waals surface area contributed by atoms with E-state index in [0.717, 1.165) is 5.56 Å². The maximum atomic E-state index is 12.9. The van der Waals surface area contributed by atoms with Gasteiger partial charge >= 0.3 is 0 Å². The van der Waals surface area contributed by atoms with Crippen LogP contribution in [0.2, 0.25) is 5.02 Å². The molecule has 0 bridgehead atoms. The topological polar surface area (TPSA) is 64.3 Å². The molecule has 1 heterocycles.